The van der Waals surface area contributed by atoms with E-state index in [4.69, 9.17) is 23.2 Å². The Bertz CT molecular complexity index is 1040. The van der Waals surface area contributed by atoms with E-state index in [-0.39, 0.29) is 32.6 Å². The first-order chi connectivity index (χ1) is 14.3. The van der Waals surface area contributed by atoms with E-state index in [0.717, 1.165) is 38.9 Å². The van der Waals surface area contributed by atoms with Crippen molar-refractivity contribution in [3.05, 3.63) is 63.6 Å². The lowest BCUT2D eigenvalue weighted by atomic mass is 10.2. The third kappa shape index (κ3) is 5.15. The van der Waals surface area contributed by atoms with Crippen LogP contribution in [-0.4, -0.2) is 44.4 Å². The molecule has 4 rings (SSSR count). The van der Waals surface area contributed by atoms with Crippen molar-refractivity contribution in [1.29, 1.82) is 0 Å². The minimum absolute atomic E-state index is 0.000368. The molecular weight excluding hydrogens is 445 g/mol. The van der Waals surface area contributed by atoms with Gasteiger partial charge >= 0.3 is 0 Å². The molecule has 1 heterocycles. The maximum Gasteiger partial charge on any atom is 0.253 e. The van der Waals surface area contributed by atoms with Gasteiger partial charge in [-0.2, -0.15) is 0 Å². The molecule has 2 aromatic carbocycles. The van der Waals surface area contributed by atoms with Crippen LogP contribution >= 0.6 is 23.2 Å². The fraction of sp³-hybridized carbons (Fsp3) is 0.381. The van der Waals surface area contributed by atoms with Crippen LogP contribution in [-0.2, 0) is 16.6 Å². The lowest BCUT2D eigenvalue weighted by Crippen LogP contribution is -2.37. The molecule has 1 aliphatic carbocycles. The van der Waals surface area contributed by atoms with E-state index in [9.17, 15) is 13.2 Å². The largest absolute Gasteiger partial charge is 0.348 e. The number of likely N-dealkylation sites (tertiary alicyclic amines) is 1. The summed E-state index contributed by atoms with van der Waals surface area (Å²) < 4.78 is 27.7. The van der Waals surface area contributed by atoms with Crippen molar-refractivity contribution in [2.45, 2.75) is 42.8 Å². The Morgan fingerprint density at radius 2 is 1.77 bits per heavy atom. The molecule has 1 aliphatic heterocycles. The van der Waals surface area contributed by atoms with Gasteiger partial charge in [0.15, 0.2) is 0 Å². The molecule has 1 saturated heterocycles. The second-order valence-corrected chi connectivity index (χ2v) is 10.3. The van der Waals surface area contributed by atoms with Crippen LogP contribution in [0.15, 0.2) is 47.4 Å². The number of sulfonamides is 1. The number of carbonyl (C=O) groups is 1. The minimum atomic E-state index is -3.80. The zero-order chi connectivity index (χ0) is 21.3. The zero-order valence-electron chi connectivity index (χ0n) is 16.3. The average molecular weight is 468 g/mol. The standard InChI is InChI=1S/C21H23Cl2N3O3S/c22-18-11-19(23)20(30(28,29)25-15-6-7-15)10-17(18)21(27)24-16-8-9-26(13-16)12-14-4-2-1-3-5-14/h1-5,10-11,15-16,25H,6-9,12-13H2,(H,24,27)/t16-/m0/s1. The van der Waals surface area contributed by atoms with Crippen LogP contribution in [0.25, 0.3) is 0 Å². The highest BCUT2D eigenvalue weighted by Crippen LogP contribution is 2.31. The van der Waals surface area contributed by atoms with Crippen molar-refractivity contribution in [2.75, 3.05) is 13.1 Å². The lowest BCUT2D eigenvalue weighted by Gasteiger charge is -2.17. The van der Waals surface area contributed by atoms with Crippen LogP contribution in [0, 0.1) is 0 Å². The van der Waals surface area contributed by atoms with Crippen molar-refractivity contribution in [3.63, 3.8) is 0 Å². The number of carbonyl (C=O) groups excluding carboxylic acids is 1. The lowest BCUT2D eigenvalue weighted by molar-refractivity contribution is 0.0937. The number of hydrogen-bond donors (Lipinski definition) is 2. The van der Waals surface area contributed by atoms with E-state index in [0.29, 0.717) is 0 Å². The Kier molecular flexibility index (Phi) is 6.36. The SMILES string of the molecule is O=C(N[C@H]1CCN(Cc2ccccc2)C1)c1cc(S(=O)(=O)NC2CC2)c(Cl)cc1Cl. The molecule has 6 nitrogen and oxygen atoms in total. The van der Waals surface area contributed by atoms with Gasteiger partial charge in [0.2, 0.25) is 10.0 Å². The van der Waals surface area contributed by atoms with Gasteiger partial charge in [0, 0.05) is 31.7 Å². The predicted octanol–water partition coefficient (Wildman–Crippen LogP) is 3.44. The number of nitrogens with one attached hydrogen (secondary N) is 2. The van der Waals surface area contributed by atoms with E-state index in [1.54, 1.807) is 0 Å². The van der Waals surface area contributed by atoms with Gasteiger partial charge in [0.05, 0.1) is 15.6 Å². The maximum atomic E-state index is 12.8. The third-order valence-electron chi connectivity index (χ3n) is 5.31. The summed E-state index contributed by atoms with van der Waals surface area (Å²) in [4.78, 5) is 15.0. The molecule has 0 bridgehead atoms. The van der Waals surface area contributed by atoms with Crippen LogP contribution < -0.4 is 10.0 Å². The van der Waals surface area contributed by atoms with Crippen molar-refractivity contribution in [2.24, 2.45) is 0 Å². The minimum Gasteiger partial charge on any atom is -0.348 e. The fourth-order valence-corrected chi connectivity index (χ4v) is 5.76. The second kappa shape index (κ2) is 8.85. The van der Waals surface area contributed by atoms with Crippen molar-refractivity contribution >= 4 is 39.1 Å². The second-order valence-electron chi connectivity index (χ2n) is 7.84. The van der Waals surface area contributed by atoms with Crippen LogP contribution in [0.3, 0.4) is 0 Å². The molecule has 1 amide bonds. The number of halogens is 2. The molecule has 0 aromatic heterocycles. The Hall–Kier alpha value is -1.64. The summed E-state index contributed by atoms with van der Waals surface area (Å²) in [5, 5.41) is 3.11. The van der Waals surface area contributed by atoms with E-state index >= 15 is 0 Å². The van der Waals surface area contributed by atoms with Crippen LogP contribution in [0.1, 0.15) is 35.2 Å². The van der Waals surface area contributed by atoms with Crippen molar-refractivity contribution in [3.8, 4) is 0 Å². The van der Waals surface area contributed by atoms with Gasteiger partial charge in [-0.05, 0) is 37.0 Å². The molecule has 2 N–H and O–H groups in total. The summed E-state index contributed by atoms with van der Waals surface area (Å²) in [6.07, 6.45) is 2.43. The van der Waals surface area contributed by atoms with E-state index in [1.165, 1.54) is 17.7 Å². The molecule has 0 unspecified atom stereocenters. The Morgan fingerprint density at radius 3 is 2.47 bits per heavy atom. The first kappa shape index (κ1) is 21.6. The molecule has 0 spiro atoms. The average Bonchev–Trinajstić information content (AvgIpc) is 3.39. The number of rotatable bonds is 7. The van der Waals surface area contributed by atoms with Crippen molar-refractivity contribution in [1.82, 2.24) is 14.9 Å². The van der Waals surface area contributed by atoms with E-state index in [2.05, 4.69) is 27.1 Å². The summed E-state index contributed by atoms with van der Waals surface area (Å²) in [5.74, 6) is -0.397. The Morgan fingerprint density at radius 1 is 1.03 bits per heavy atom. The maximum absolute atomic E-state index is 12.8. The van der Waals surface area contributed by atoms with Gasteiger partial charge in [0.25, 0.3) is 5.91 Å². The smallest absolute Gasteiger partial charge is 0.253 e. The van der Waals surface area contributed by atoms with Gasteiger partial charge in [-0.25, -0.2) is 13.1 Å². The summed E-state index contributed by atoms with van der Waals surface area (Å²) in [6, 6.07) is 12.7. The highest BCUT2D eigenvalue weighted by atomic mass is 35.5. The fourth-order valence-electron chi connectivity index (χ4n) is 3.59. The summed E-state index contributed by atoms with van der Waals surface area (Å²) in [5.41, 5.74) is 1.34. The van der Waals surface area contributed by atoms with Gasteiger partial charge < -0.3 is 5.32 Å². The third-order valence-corrected chi connectivity index (χ3v) is 7.61. The van der Waals surface area contributed by atoms with Crippen molar-refractivity contribution < 1.29 is 13.2 Å². The molecule has 1 saturated carbocycles. The summed E-state index contributed by atoms with van der Waals surface area (Å²) >= 11 is 12.3. The molecule has 1 atom stereocenters. The molecule has 30 heavy (non-hydrogen) atoms. The molecule has 2 fully saturated rings. The van der Waals surface area contributed by atoms with Crippen LogP contribution in [0.4, 0.5) is 0 Å². The van der Waals surface area contributed by atoms with E-state index < -0.39 is 15.9 Å². The van der Waals surface area contributed by atoms with E-state index in [1.807, 2.05) is 18.2 Å². The number of hydrogen-bond acceptors (Lipinski definition) is 4. The number of nitrogens with zero attached hydrogens (tertiary/aromatic N) is 1. The highest BCUT2D eigenvalue weighted by Gasteiger charge is 2.31. The van der Waals surface area contributed by atoms with Gasteiger partial charge in [0.1, 0.15) is 4.90 Å². The first-order valence-electron chi connectivity index (χ1n) is 9.90. The molecule has 2 aromatic rings. The topological polar surface area (TPSA) is 78.5 Å². The molecule has 160 valence electrons. The highest BCUT2D eigenvalue weighted by molar-refractivity contribution is 7.89. The normalized spacial score (nSPS) is 19.7. The quantitative estimate of drug-likeness (QED) is 0.653. The first-order valence-corrected chi connectivity index (χ1v) is 12.1. The molecule has 0 radical (unpaired) electrons. The van der Waals surface area contributed by atoms with Gasteiger partial charge in [-0.1, -0.05) is 53.5 Å². The zero-order valence-corrected chi connectivity index (χ0v) is 18.6. The molecular formula is C21H23Cl2N3O3S. The Labute approximate surface area is 186 Å². The monoisotopic (exact) mass is 467 g/mol. The van der Waals surface area contributed by atoms with Crippen LogP contribution in [0.2, 0.25) is 10.0 Å². The Balaban J connectivity index is 1.44. The summed E-state index contributed by atoms with van der Waals surface area (Å²) in [7, 11) is -3.80. The van der Waals surface area contributed by atoms with Gasteiger partial charge in [-0.15, -0.1) is 0 Å². The molecule has 9 heteroatoms. The molecule has 2 aliphatic rings. The number of amides is 1. The number of benzene rings is 2. The predicted molar refractivity (Wildman–Crippen MR) is 117 cm³/mol. The van der Waals surface area contributed by atoms with Gasteiger partial charge in [-0.3, -0.25) is 9.69 Å². The van der Waals surface area contributed by atoms with Crippen LogP contribution in [0.5, 0.6) is 0 Å². The summed E-state index contributed by atoms with van der Waals surface area (Å²) in [6.45, 7) is 2.42.